The molecule has 1 amide bonds. The van der Waals surface area contributed by atoms with Crippen LogP contribution >= 0.6 is 11.3 Å². The smallest absolute Gasteiger partial charge is 0.350 e. The number of amides is 1. The van der Waals surface area contributed by atoms with Crippen LogP contribution in [0.3, 0.4) is 0 Å². The van der Waals surface area contributed by atoms with E-state index in [4.69, 9.17) is 14.2 Å². The van der Waals surface area contributed by atoms with Crippen molar-refractivity contribution >= 4 is 28.3 Å². The number of carbonyl (C=O) groups excluding carboxylic acids is 2. The van der Waals surface area contributed by atoms with Crippen LogP contribution in [0.15, 0.2) is 54.6 Å². The molecule has 3 aromatic rings. The van der Waals surface area contributed by atoms with Crippen LogP contribution in [-0.2, 0) is 16.1 Å². The zero-order valence-electron chi connectivity index (χ0n) is 17.7. The predicted molar refractivity (Wildman–Crippen MR) is 119 cm³/mol. The molecule has 0 spiro atoms. The first-order chi connectivity index (χ1) is 15.0. The Hall–Kier alpha value is -3.39. The highest BCUT2D eigenvalue weighted by molar-refractivity contribution is 7.17. The van der Waals surface area contributed by atoms with Crippen molar-refractivity contribution in [3.8, 4) is 11.5 Å². The van der Waals surface area contributed by atoms with Gasteiger partial charge in [-0.1, -0.05) is 53.8 Å². The number of methoxy groups -OCH3 is 1. The van der Waals surface area contributed by atoms with Gasteiger partial charge in [0.25, 0.3) is 5.91 Å². The van der Waals surface area contributed by atoms with Gasteiger partial charge in [0, 0.05) is 0 Å². The van der Waals surface area contributed by atoms with Crippen molar-refractivity contribution in [3.63, 3.8) is 0 Å². The average Bonchev–Trinajstić information content (AvgIpc) is 3.18. The average molecular weight is 441 g/mol. The molecule has 0 N–H and O–H groups in total. The standard InChI is InChI=1S/C23H24N2O5S/c1-4-29-22(27)21-16(2)24-23(31-21)25(14-17-10-6-5-7-11-17)20(26)15-30-19-13-9-8-12-18(19)28-3/h5-13H,4,14-15H2,1-3H3. The number of benzene rings is 2. The van der Waals surface area contributed by atoms with Crippen LogP contribution in [0, 0.1) is 6.92 Å². The Morgan fingerprint density at radius 2 is 1.71 bits per heavy atom. The third-order valence-electron chi connectivity index (χ3n) is 4.38. The van der Waals surface area contributed by atoms with E-state index in [1.807, 2.05) is 36.4 Å². The van der Waals surface area contributed by atoms with Crippen LogP contribution in [0.4, 0.5) is 5.13 Å². The number of anilines is 1. The molecule has 0 radical (unpaired) electrons. The van der Waals surface area contributed by atoms with Crippen molar-refractivity contribution in [1.29, 1.82) is 0 Å². The third-order valence-corrected chi connectivity index (χ3v) is 5.54. The van der Waals surface area contributed by atoms with Crippen molar-refractivity contribution in [2.45, 2.75) is 20.4 Å². The Morgan fingerprint density at radius 1 is 1.03 bits per heavy atom. The number of rotatable bonds is 9. The van der Waals surface area contributed by atoms with Crippen LogP contribution < -0.4 is 14.4 Å². The molecule has 0 saturated heterocycles. The molecule has 0 saturated carbocycles. The van der Waals surface area contributed by atoms with Gasteiger partial charge < -0.3 is 14.2 Å². The molecule has 7 nitrogen and oxygen atoms in total. The number of thiazole rings is 1. The first kappa shape index (κ1) is 22.3. The lowest BCUT2D eigenvalue weighted by atomic mass is 10.2. The third kappa shape index (κ3) is 5.61. The summed E-state index contributed by atoms with van der Waals surface area (Å²) in [5.74, 6) is 0.278. The second-order valence-corrected chi connectivity index (χ2v) is 7.51. The second kappa shape index (κ2) is 10.6. The highest BCUT2D eigenvalue weighted by Crippen LogP contribution is 2.29. The molecular formula is C23H24N2O5S. The van der Waals surface area contributed by atoms with Crippen molar-refractivity contribution in [2.24, 2.45) is 0 Å². The molecule has 1 heterocycles. The molecule has 0 bridgehead atoms. The number of esters is 1. The Labute approximate surface area is 185 Å². The van der Waals surface area contributed by atoms with Gasteiger partial charge >= 0.3 is 5.97 Å². The van der Waals surface area contributed by atoms with E-state index >= 15 is 0 Å². The lowest BCUT2D eigenvalue weighted by Crippen LogP contribution is -2.34. The van der Waals surface area contributed by atoms with Crippen LogP contribution in [0.25, 0.3) is 0 Å². The maximum Gasteiger partial charge on any atom is 0.350 e. The Kier molecular flexibility index (Phi) is 7.61. The largest absolute Gasteiger partial charge is 0.493 e. The van der Waals surface area contributed by atoms with Gasteiger partial charge in [0.1, 0.15) is 4.88 Å². The van der Waals surface area contributed by atoms with Gasteiger partial charge in [0.2, 0.25) is 0 Å². The summed E-state index contributed by atoms with van der Waals surface area (Å²) in [6, 6.07) is 16.7. The van der Waals surface area contributed by atoms with Crippen molar-refractivity contribution < 1.29 is 23.8 Å². The van der Waals surface area contributed by atoms with E-state index < -0.39 is 5.97 Å². The highest BCUT2D eigenvalue weighted by Gasteiger charge is 2.25. The second-order valence-electron chi connectivity index (χ2n) is 6.54. The molecular weight excluding hydrogens is 416 g/mol. The van der Waals surface area contributed by atoms with Crippen LogP contribution in [-0.4, -0.2) is 37.2 Å². The number of aromatic nitrogens is 1. The summed E-state index contributed by atoms with van der Waals surface area (Å²) >= 11 is 1.13. The SMILES string of the molecule is CCOC(=O)c1sc(N(Cc2ccccc2)C(=O)COc2ccccc2OC)nc1C. The number of nitrogens with zero attached hydrogens (tertiary/aromatic N) is 2. The minimum absolute atomic E-state index is 0.208. The Balaban J connectivity index is 1.85. The first-order valence-electron chi connectivity index (χ1n) is 9.78. The predicted octanol–water partition coefficient (Wildman–Crippen LogP) is 4.25. The number of aryl methyl sites for hydroxylation is 1. The number of ether oxygens (including phenoxy) is 3. The molecule has 0 fully saturated rings. The lowest BCUT2D eigenvalue weighted by Gasteiger charge is -2.20. The summed E-state index contributed by atoms with van der Waals surface area (Å²) in [6.07, 6.45) is 0. The van der Waals surface area contributed by atoms with Gasteiger partial charge in [-0.15, -0.1) is 0 Å². The lowest BCUT2D eigenvalue weighted by molar-refractivity contribution is -0.120. The quantitative estimate of drug-likeness (QED) is 0.463. The van der Waals surface area contributed by atoms with Gasteiger partial charge in [0.05, 0.1) is 26.0 Å². The summed E-state index contributed by atoms with van der Waals surface area (Å²) < 4.78 is 16.1. The van der Waals surface area contributed by atoms with Crippen LogP contribution in [0.5, 0.6) is 11.5 Å². The fraction of sp³-hybridized carbons (Fsp3) is 0.261. The van der Waals surface area contributed by atoms with Crippen molar-refractivity contribution in [2.75, 3.05) is 25.2 Å². The number of hydrogen-bond donors (Lipinski definition) is 0. The summed E-state index contributed by atoms with van der Waals surface area (Å²) in [4.78, 5) is 31.7. The van der Waals surface area contributed by atoms with Gasteiger partial charge in [0.15, 0.2) is 23.2 Å². The van der Waals surface area contributed by atoms with E-state index in [9.17, 15) is 9.59 Å². The van der Waals surface area contributed by atoms with Gasteiger partial charge in [-0.05, 0) is 31.5 Å². The number of para-hydroxylation sites is 2. The summed E-state index contributed by atoms with van der Waals surface area (Å²) in [6.45, 7) is 3.83. The molecule has 31 heavy (non-hydrogen) atoms. The fourth-order valence-corrected chi connectivity index (χ4v) is 3.84. The number of carbonyl (C=O) groups is 2. The van der Waals surface area contributed by atoms with Gasteiger partial charge in [-0.25, -0.2) is 9.78 Å². The Morgan fingerprint density at radius 3 is 2.39 bits per heavy atom. The summed E-state index contributed by atoms with van der Waals surface area (Å²) in [5, 5.41) is 0.415. The number of hydrogen-bond acceptors (Lipinski definition) is 7. The van der Waals surface area contributed by atoms with Crippen molar-refractivity contribution in [1.82, 2.24) is 4.98 Å². The maximum absolute atomic E-state index is 13.1. The zero-order valence-corrected chi connectivity index (χ0v) is 18.5. The highest BCUT2D eigenvalue weighted by atomic mass is 32.1. The minimum atomic E-state index is -0.443. The molecule has 3 rings (SSSR count). The minimum Gasteiger partial charge on any atom is -0.493 e. The summed E-state index contributed by atoms with van der Waals surface area (Å²) in [7, 11) is 1.54. The van der Waals surface area contributed by atoms with E-state index in [1.165, 1.54) is 4.90 Å². The van der Waals surface area contributed by atoms with Gasteiger partial charge in [-0.2, -0.15) is 0 Å². The van der Waals surface area contributed by atoms with Crippen LogP contribution in [0.1, 0.15) is 27.9 Å². The molecule has 0 aliphatic heterocycles. The molecule has 1 aromatic heterocycles. The van der Waals surface area contributed by atoms with E-state index in [-0.39, 0.29) is 19.1 Å². The van der Waals surface area contributed by atoms with Crippen LogP contribution in [0.2, 0.25) is 0 Å². The molecule has 0 aliphatic rings. The normalized spacial score (nSPS) is 10.4. The van der Waals surface area contributed by atoms with E-state index in [0.29, 0.717) is 33.7 Å². The van der Waals surface area contributed by atoms with E-state index in [0.717, 1.165) is 16.9 Å². The fourth-order valence-electron chi connectivity index (χ4n) is 2.87. The molecule has 0 atom stereocenters. The molecule has 162 valence electrons. The Bertz CT molecular complexity index is 1040. The zero-order chi connectivity index (χ0) is 22.2. The van der Waals surface area contributed by atoms with Gasteiger partial charge in [-0.3, -0.25) is 9.69 Å². The van der Waals surface area contributed by atoms with E-state index in [1.54, 1.807) is 39.2 Å². The first-order valence-corrected chi connectivity index (χ1v) is 10.6. The monoisotopic (exact) mass is 440 g/mol. The summed E-state index contributed by atoms with van der Waals surface area (Å²) in [5.41, 5.74) is 1.45. The maximum atomic E-state index is 13.1. The molecule has 0 aliphatic carbocycles. The molecule has 2 aromatic carbocycles. The molecule has 0 unspecified atom stereocenters. The molecule has 8 heteroatoms. The topological polar surface area (TPSA) is 78.0 Å². The van der Waals surface area contributed by atoms with Crippen molar-refractivity contribution in [3.05, 3.63) is 70.7 Å². The van der Waals surface area contributed by atoms with E-state index in [2.05, 4.69) is 4.98 Å².